The Labute approximate surface area is 108 Å². The van der Waals surface area contributed by atoms with Gasteiger partial charge in [-0.3, -0.25) is 4.90 Å². The number of likely N-dealkylation sites (tertiary alicyclic amines) is 1. The molecule has 0 spiro atoms. The van der Waals surface area contributed by atoms with E-state index < -0.39 is 0 Å². The summed E-state index contributed by atoms with van der Waals surface area (Å²) in [7, 11) is 0. The summed E-state index contributed by atoms with van der Waals surface area (Å²) in [4.78, 5) is 2.28. The smallest absolute Gasteiger partial charge is 0.127 e. The van der Waals surface area contributed by atoms with E-state index in [-0.39, 0.29) is 24.3 Å². The molecule has 1 aromatic carbocycles. The van der Waals surface area contributed by atoms with Crippen molar-refractivity contribution in [3.8, 4) is 0 Å². The Hall–Kier alpha value is -0.640. The van der Waals surface area contributed by atoms with Gasteiger partial charge in [-0.25, -0.2) is 4.39 Å². The monoisotopic (exact) mass is 258 g/mol. The van der Waals surface area contributed by atoms with Gasteiger partial charge in [0.2, 0.25) is 0 Å². The zero-order valence-electron chi connectivity index (χ0n) is 10.1. The molecule has 1 aliphatic rings. The maximum atomic E-state index is 13.4. The Balaban J connectivity index is 0.00000144. The first-order valence-electron chi connectivity index (χ1n) is 5.88. The van der Waals surface area contributed by atoms with Crippen molar-refractivity contribution in [3.63, 3.8) is 0 Å². The fraction of sp³-hybridized carbons (Fsp3) is 0.538. The highest BCUT2D eigenvalue weighted by Crippen LogP contribution is 2.21. The van der Waals surface area contributed by atoms with Crippen molar-refractivity contribution in [2.45, 2.75) is 25.9 Å². The third-order valence-corrected chi connectivity index (χ3v) is 3.40. The lowest BCUT2D eigenvalue weighted by atomic mass is 10.0. The summed E-state index contributed by atoms with van der Waals surface area (Å²) in [6.07, 6.45) is 1.13. The van der Waals surface area contributed by atoms with Crippen LogP contribution in [0.2, 0.25) is 0 Å². The standard InChI is InChI=1S/C13H19FN2.ClH/c1-10(15)11-6-7-16(8-11)9-12-4-2-3-5-13(12)14;/h2-5,10-11H,6-9,15H2,1H3;1H. The third-order valence-electron chi connectivity index (χ3n) is 3.40. The highest BCUT2D eigenvalue weighted by Gasteiger charge is 2.25. The Morgan fingerprint density at radius 1 is 1.47 bits per heavy atom. The van der Waals surface area contributed by atoms with Gasteiger partial charge < -0.3 is 5.73 Å². The number of rotatable bonds is 3. The Morgan fingerprint density at radius 3 is 2.76 bits per heavy atom. The minimum absolute atomic E-state index is 0. The number of hydrogen-bond donors (Lipinski definition) is 1. The van der Waals surface area contributed by atoms with Gasteiger partial charge in [-0.05, 0) is 31.9 Å². The molecule has 0 bridgehead atoms. The van der Waals surface area contributed by atoms with Gasteiger partial charge in [0, 0.05) is 24.7 Å². The molecule has 2 N–H and O–H groups in total. The van der Waals surface area contributed by atoms with Crippen LogP contribution in [0, 0.1) is 11.7 Å². The largest absolute Gasteiger partial charge is 0.328 e. The van der Waals surface area contributed by atoms with Crippen molar-refractivity contribution in [1.82, 2.24) is 4.90 Å². The van der Waals surface area contributed by atoms with E-state index in [1.165, 1.54) is 6.07 Å². The molecule has 2 unspecified atom stereocenters. The van der Waals surface area contributed by atoms with Gasteiger partial charge in [0.1, 0.15) is 5.82 Å². The van der Waals surface area contributed by atoms with Crippen LogP contribution in [-0.4, -0.2) is 24.0 Å². The quantitative estimate of drug-likeness (QED) is 0.902. The molecule has 96 valence electrons. The van der Waals surface area contributed by atoms with E-state index in [4.69, 9.17) is 5.73 Å². The second-order valence-corrected chi connectivity index (χ2v) is 4.73. The summed E-state index contributed by atoms with van der Waals surface area (Å²) in [5, 5.41) is 0. The number of hydrogen-bond acceptors (Lipinski definition) is 2. The van der Waals surface area contributed by atoms with Crippen LogP contribution in [0.4, 0.5) is 4.39 Å². The summed E-state index contributed by atoms with van der Waals surface area (Å²) < 4.78 is 13.4. The molecule has 2 nitrogen and oxygen atoms in total. The summed E-state index contributed by atoms with van der Waals surface area (Å²) in [5.41, 5.74) is 6.67. The Morgan fingerprint density at radius 2 is 2.18 bits per heavy atom. The molecule has 2 atom stereocenters. The summed E-state index contributed by atoms with van der Waals surface area (Å²) in [6.45, 7) is 4.78. The summed E-state index contributed by atoms with van der Waals surface area (Å²) in [6, 6.07) is 7.24. The number of benzene rings is 1. The highest BCUT2D eigenvalue weighted by molar-refractivity contribution is 5.85. The van der Waals surface area contributed by atoms with Crippen LogP contribution in [0.1, 0.15) is 18.9 Å². The zero-order chi connectivity index (χ0) is 11.5. The molecule has 1 aromatic rings. The second kappa shape index (κ2) is 6.34. The predicted molar refractivity (Wildman–Crippen MR) is 70.7 cm³/mol. The lowest BCUT2D eigenvalue weighted by molar-refractivity contribution is 0.304. The van der Waals surface area contributed by atoms with Gasteiger partial charge >= 0.3 is 0 Å². The van der Waals surface area contributed by atoms with Crippen molar-refractivity contribution in [2.24, 2.45) is 11.7 Å². The molecule has 0 amide bonds. The summed E-state index contributed by atoms with van der Waals surface area (Å²) >= 11 is 0. The maximum absolute atomic E-state index is 13.4. The fourth-order valence-corrected chi connectivity index (χ4v) is 2.30. The number of halogens is 2. The fourth-order valence-electron chi connectivity index (χ4n) is 2.30. The number of nitrogens with zero attached hydrogens (tertiary/aromatic N) is 1. The maximum Gasteiger partial charge on any atom is 0.127 e. The SMILES string of the molecule is CC(N)C1CCN(Cc2ccccc2F)C1.Cl. The second-order valence-electron chi connectivity index (χ2n) is 4.73. The molecule has 1 saturated heterocycles. The lowest BCUT2D eigenvalue weighted by Gasteiger charge is -2.18. The lowest BCUT2D eigenvalue weighted by Crippen LogP contribution is -2.29. The van der Waals surface area contributed by atoms with E-state index in [1.54, 1.807) is 6.07 Å². The van der Waals surface area contributed by atoms with Crippen molar-refractivity contribution in [1.29, 1.82) is 0 Å². The molecule has 1 fully saturated rings. The first-order chi connectivity index (χ1) is 7.66. The molecular formula is C13H20ClFN2. The minimum Gasteiger partial charge on any atom is -0.328 e. The van der Waals surface area contributed by atoms with Crippen molar-refractivity contribution in [3.05, 3.63) is 35.6 Å². The average Bonchev–Trinajstić information content (AvgIpc) is 2.70. The molecule has 1 heterocycles. The molecule has 1 aliphatic heterocycles. The summed E-state index contributed by atoms with van der Waals surface area (Å²) in [5.74, 6) is 0.457. The van der Waals surface area contributed by atoms with Crippen molar-refractivity contribution >= 4 is 12.4 Å². The van der Waals surface area contributed by atoms with Gasteiger partial charge in [-0.2, -0.15) is 0 Å². The predicted octanol–water partition coefficient (Wildman–Crippen LogP) is 2.42. The van der Waals surface area contributed by atoms with Gasteiger partial charge in [-0.1, -0.05) is 18.2 Å². The van der Waals surface area contributed by atoms with Crippen LogP contribution in [0.5, 0.6) is 0 Å². The van der Waals surface area contributed by atoms with Crippen LogP contribution in [0.15, 0.2) is 24.3 Å². The Bertz CT molecular complexity index is 357. The van der Waals surface area contributed by atoms with E-state index >= 15 is 0 Å². The van der Waals surface area contributed by atoms with Crippen LogP contribution >= 0.6 is 12.4 Å². The molecule has 0 aliphatic carbocycles. The Kier molecular flexibility index (Phi) is 5.37. The first kappa shape index (κ1) is 14.4. The van der Waals surface area contributed by atoms with Gasteiger partial charge in [0.25, 0.3) is 0 Å². The van der Waals surface area contributed by atoms with E-state index in [2.05, 4.69) is 11.8 Å². The van der Waals surface area contributed by atoms with E-state index in [1.807, 2.05) is 12.1 Å². The van der Waals surface area contributed by atoms with Crippen LogP contribution < -0.4 is 5.73 Å². The molecule has 2 rings (SSSR count). The van der Waals surface area contributed by atoms with Crippen molar-refractivity contribution < 1.29 is 4.39 Å². The van der Waals surface area contributed by atoms with Crippen LogP contribution in [-0.2, 0) is 6.54 Å². The van der Waals surface area contributed by atoms with Crippen LogP contribution in [0.3, 0.4) is 0 Å². The molecule has 17 heavy (non-hydrogen) atoms. The van der Waals surface area contributed by atoms with E-state index in [0.717, 1.165) is 25.1 Å². The molecular weight excluding hydrogens is 239 g/mol. The van der Waals surface area contributed by atoms with Crippen LogP contribution in [0.25, 0.3) is 0 Å². The number of nitrogens with two attached hydrogens (primary N) is 1. The normalized spacial score (nSPS) is 22.2. The molecule has 0 aromatic heterocycles. The first-order valence-corrected chi connectivity index (χ1v) is 5.88. The molecule has 0 saturated carbocycles. The minimum atomic E-state index is -0.105. The van der Waals surface area contributed by atoms with Gasteiger partial charge in [0.05, 0.1) is 0 Å². The average molecular weight is 259 g/mol. The van der Waals surface area contributed by atoms with E-state index in [0.29, 0.717) is 12.5 Å². The van der Waals surface area contributed by atoms with E-state index in [9.17, 15) is 4.39 Å². The molecule has 0 radical (unpaired) electrons. The topological polar surface area (TPSA) is 29.3 Å². The van der Waals surface area contributed by atoms with Gasteiger partial charge in [-0.15, -0.1) is 12.4 Å². The van der Waals surface area contributed by atoms with Gasteiger partial charge in [0.15, 0.2) is 0 Å². The van der Waals surface area contributed by atoms with Crippen molar-refractivity contribution in [2.75, 3.05) is 13.1 Å². The zero-order valence-corrected chi connectivity index (χ0v) is 10.9. The third kappa shape index (κ3) is 3.66. The molecule has 4 heteroatoms. The highest BCUT2D eigenvalue weighted by atomic mass is 35.5.